The molecule has 0 bridgehead atoms. The average molecular weight is 263 g/mol. The fraction of sp³-hybridized carbons (Fsp3) is 0.400. The van der Waals surface area contributed by atoms with E-state index in [1.807, 2.05) is 17.9 Å². The SMILES string of the molecule is Cc1ccc(CC(CCl)Cc2ccn(C)n2)cc1. The predicted molar refractivity (Wildman–Crippen MR) is 76.0 cm³/mol. The Bertz CT molecular complexity index is 487. The van der Waals surface area contributed by atoms with Gasteiger partial charge in [-0.1, -0.05) is 29.8 Å². The van der Waals surface area contributed by atoms with Crippen LogP contribution in [0.4, 0.5) is 0 Å². The van der Waals surface area contributed by atoms with Gasteiger partial charge in [0, 0.05) is 19.1 Å². The molecule has 0 aliphatic rings. The number of hydrogen-bond acceptors (Lipinski definition) is 1. The maximum atomic E-state index is 6.07. The van der Waals surface area contributed by atoms with Crippen LogP contribution in [0.3, 0.4) is 0 Å². The lowest BCUT2D eigenvalue weighted by molar-refractivity contribution is 0.568. The Morgan fingerprint density at radius 3 is 2.44 bits per heavy atom. The van der Waals surface area contributed by atoms with Crippen molar-refractivity contribution in [2.24, 2.45) is 13.0 Å². The zero-order valence-electron chi connectivity index (χ0n) is 10.9. The predicted octanol–water partition coefficient (Wildman–Crippen LogP) is 3.37. The molecule has 3 heteroatoms. The van der Waals surface area contributed by atoms with Crippen LogP contribution < -0.4 is 0 Å². The van der Waals surface area contributed by atoms with E-state index < -0.39 is 0 Å². The lowest BCUT2D eigenvalue weighted by Crippen LogP contribution is -2.11. The van der Waals surface area contributed by atoms with Gasteiger partial charge in [0.1, 0.15) is 0 Å². The van der Waals surface area contributed by atoms with Gasteiger partial charge in [0.2, 0.25) is 0 Å². The van der Waals surface area contributed by atoms with Gasteiger partial charge in [-0.05, 0) is 37.3 Å². The fourth-order valence-corrected chi connectivity index (χ4v) is 2.32. The molecule has 1 unspecified atom stereocenters. The molecule has 0 aliphatic carbocycles. The van der Waals surface area contributed by atoms with Gasteiger partial charge >= 0.3 is 0 Å². The maximum Gasteiger partial charge on any atom is 0.0627 e. The second-order valence-electron chi connectivity index (χ2n) is 4.89. The maximum absolute atomic E-state index is 6.07. The van der Waals surface area contributed by atoms with E-state index in [4.69, 9.17) is 11.6 Å². The molecule has 2 rings (SSSR count). The van der Waals surface area contributed by atoms with Crippen molar-refractivity contribution >= 4 is 11.6 Å². The highest BCUT2D eigenvalue weighted by atomic mass is 35.5. The van der Waals surface area contributed by atoms with Crippen LogP contribution in [0.25, 0.3) is 0 Å². The molecule has 1 heterocycles. The van der Waals surface area contributed by atoms with Crippen LogP contribution in [-0.4, -0.2) is 15.7 Å². The molecule has 0 fully saturated rings. The van der Waals surface area contributed by atoms with Crippen molar-refractivity contribution in [2.45, 2.75) is 19.8 Å². The number of rotatable bonds is 5. The summed E-state index contributed by atoms with van der Waals surface area (Å²) < 4.78 is 1.84. The highest BCUT2D eigenvalue weighted by Gasteiger charge is 2.11. The summed E-state index contributed by atoms with van der Waals surface area (Å²) in [5.74, 6) is 1.12. The highest BCUT2D eigenvalue weighted by molar-refractivity contribution is 6.18. The van der Waals surface area contributed by atoms with E-state index in [-0.39, 0.29) is 0 Å². The Balaban J connectivity index is 1.99. The Labute approximate surface area is 114 Å². The third kappa shape index (κ3) is 3.61. The molecular formula is C15H19ClN2. The van der Waals surface area contributed by atoms with Crippen LogP contribution in [0.1, 0.15) is 16.8 Å². The van der Waals surface area contributed by atoms with Gasteiger partial charge < -0.3 is 0 Å². The minimum Gasteiger partial charge on any atom is -0.276 e. The zero-order chi connectivity index (χ0) is 13.0. The van der Waals surface area contributed by atoms with Gasteiger partial charge in [-0.2, -0.15) is 5.10 Å². The van der Waals surface area contributed by atoms with E-state index in [9.17, 15) is 0 Å². The van der Waals surface area contributed by atoms with Crippen molar-refractivity contribution in [3.05, 3.63) is 53.3 Å². The van der Waals surface area contributed by atoms with E-state index >= 15 is 0 Å². The molecule has 0 amide bonds. The van der Waals surface area contributed by atoms with Crippen molar-refractivity contribution in [2.75, 3.05) is 5.88 Å². The number of alkyl halides is 1. The lowest BCUT2D eigenvalue weighted by Gasteiger charge is -2.12. The second-order valence-corrected chi connectivity index (χ2v) is 5.20. The standard InChI is InChI=1S/C15H19ClN2/c1-12-3-5-13(6-4-12)9-14(11-16)10-15-7-8-18(2)17-15/h3-8,14H,9-11H2,1-2H3. The number of aromatic nitrogens is 2. The van der Waals surface area contributed by atoms with Crippen molar-refractivity contribution < 1.29 is 0 Å². The Hall–Kier alpha value is -1.28. The Kier molecular flexibility index (Phi) is 4.43. The second kappa shape index (κ2) is 6.05. The fourth-order valence-electron chi connectivity index (χ4n) is 2.11. The molecule has 1 atom stereocenters. The molecule has 2 aromatic rings. The highest BCUT2D eigenvalue weighted by Crippen LogP contribution is 2.16. The number of halogens is 1. The summed E-state index contributed by atoms with van der Waals surface area (Å²) in [7, 11) is 1.94. The minimum absolute atomic E-state index is 0.448. The van der Waals surface area contributed by atoms with Crippen LogP contribution >= 0.6 is 11.6 Å². The van der Waals surface area contributed by atoms with Crippen LogP contribution in [0.5, 0.6) is 0 Å². The van der Waals surface area contributed by atoms with Gasteiger partial charge in [-0.25, -0.2) is 0 Å². The van der Waals surface area contributed by atoms with Crippen LogP contribution in [0, 0.1) is 12.8 Å². The monoisotopic (exact) mass is 262 g/mol. The van der Waals surface area contributed by atoms with Crippen molar-refractivity contribution in [3.63, 3.8) is 0 Å². The molecule has 0 saturated carbocycles. The third-order valence-electron chi connectivity index (χ3n) is 3.13. The summed E-state index contributed by atoms with van der Waals surface area (Å²) in [4.78, 5) is 0. The number of aryl methyl sites for hydroxylation is 2. The summed E-state index contributed by atoms with van der Waals surface area (Å²) in [5, 5.41) is 4.41. The topological polar surface area (TPSA) is 17.8 Å². The Morgan fingerprint density at radius 2 is 1.89 bits per heavy atom. The number of hydrogen-bond donors (Lipinski definition) is 0. The first-order valence-corrected chi connectivity index (χ1v) is 6.81. The molecule has 0 radical (unpaired) electrons. The van der Waals surface area contributed by atoms with E-state index in [2.05, 4.69) is 42.4 Å². The molecular weight excluding hydrogens is 244 g/mol. The molecule has 18 heavy (non-hydrogen) atoms. The van der Waals surface area contributed by atoms with E-state index in [0.717, 1.165) is 18.5 Å². The van der Waals surface area contributed by atoms with Crippen molar-refractivity contribution in [3.8, 4) is 0 Å². The number of nitrogens with zero attached hydrogens (tertiary/aromatic N) is 2. The first kappa shape index (κ1) is 13.2. The van der Waals surface area contributed by atoms with Gasteiger partial charge in [0.25, 0.3) is 0 Å². The normalized spacial score (nSPS) is 12.6. The van der Waals surface area contributed by atoms with Crippen LogP contribution in [0.2, 0.25) is 0 Å². The average Bonchev–Trinajstić information content (AvgIpc) is 2.77. The summed E-state index contributed by atoms with van der Waals surface area (Å²) in [6.07, 6.45) is 3.94. The summed E-state index contributed by atoms with van der Waals surface area (Å²) in [5.41, 5.74) is 3.77. The largest absolute Gasteiger partial charge is 0.276 e. The zero-order valence-corrected chi connectivity index (χ0v) is 11.7. The molecule has 0 saturated heterocycles. The summed E-state index contributed by atoms with van der Waals surface area (Å²) in [6, 6.07) is 10.7. The number of benzene rings is 1. The van der Waals surface area contributed by atoms with Crippen LogP contribution in [-0.2, 0) is 19.9 Å². The van der Waals surface area contributed by atoms with E-state index in [1.54, 1.807) is 0 Å². The molecule has 1 aromatic heterocycles. The summed E-state index contributed by atoms with van der Waals surface area (Å²) >= 11 is 6.07. The van der Waals surface area contributed by atoms with Gasteiger partial charge in [0.15, 0.2) is 0 Å². The van der Waals surface area contributed by atoms with E-state index in [1.165, 1.54) is 11.1 Å². The Morgan fingerprint density at radius 1 is 1.17 bits per heavy atom. The smallest absolute Gasteiger partial charge is 0.0627 e. The molecule has 0 N–H and O–H groups in total. The van der Waals surface area contributed by atoms with E-state index in [0.29, 0.717) is 11.8 Å². The molecule has 96 valence electrons. The van der Waals surface area contributed by atoms with Crippen molar-refractivity contribution in [1.29, 1.82) is 0 Å². The third-order valence-corrected chi connectivity index (χ3v) is 3.57. The molecule has 1 aromatic carbocycles. The van der Waals surface area contributed by atoms with Gasteiger partial charge in [0.05, 0.1) is 5.69 Å². The lowest BCUT2D eigenvalue weighted by atomic mass is 9.96. The molecule has 2 nitrogen and oxygen atoms in total. The molecule has 0 aliphatic heterocycles. The first-order chi connectivity index (χ1) is 8.67. The minimum atomic E-state index is 0.448. The summed E-state index contributed by atoms with van der Waals surface area (Å²) in [6.45, 7) is 2.11. The quantitative estimate of drug-likeness (QED) is 0.756. The van der Waals surface area contributed by atoms with Gasteiger partial charge in [-0.15, -0.1) is 11.6 Å². The van der Waals surface area contributed by atoms with Gasteiger partial charge in [-0.3, -0.25) is 4.68 Å². The molecule has 0 spiro atoms. The van der Waals surface area contributed by atoms with Crippen LogP contribution in [0.15, 0.2) is 36.5 Å². The van der Waals surface area contributed by atoms with Crippen molar-refractivity contribution in [1.82, 2.24) is 9.78 Å². The first-order valence-electron chi connectivity index (χ1n) is 6.27.